The average Bonchev–Trinajstić information content (AvgIpc) is 2.43. The maximum atomic E-state index is 9.34. The van der Waals surface area contributed by atoms with Crippen LogP contribution in [-0.2, 0) is 0 Å². The van der Waals surface area contributed by atoms with Crippen LogP contribution in [0.2, 0.25) is 0 Å². The fraction of sp³-hybridized carbons (Fsp3) is 0.500. The first-order valence-corrected chi connectivity index (χ1v) is 6.07. The lowest BCUT2D eigenvalue weighted by Crippen LogP contribution is -2.27. The third-order valence-electron chi connectivity index (χ3n) is 3.02. The van der Waals surface area contributed by atoms with E-state index in [1.807, 2.05) is 18.2 Å². The molecule has 98 valence electrons. The van der Waals surface area contributed by atoms with Crippen molar-refractivity contribution in [2.45, 2.75) is 19.9 Å². The Kier molecular flexibility index (Phi) is 5.47. The van der Waals surface area contributed by atoms with Gasteiger partial charge in [0.25, 0.3) is 0 Å². The van der Waals surface area contributed by atoms with Crippen LogP contribution in [0.5, 0.6) is 11.5 Å². The molecule has 0 fully saturated rings. The Hall–Kier alpha value is -1.73. The lowest BCUT2D eigenvalue weighted by molar-refractivity contribution is 0.261. The molecule has 1 atom stereocenters. The number of hydrogen-bond acceptors (Lipinski definition) is 4. The van der Waals surface area contributed by atoms with Crippen molar-refractivity contribution >= 4 is 0 Å². The second kappa shape index (κ2) is 6.87. The van der Waals surface area contributed by atoms with Crippen molar-refractivity contribution in [1.29, 1.82) is 5.26 Å². The normalized spacial score (nSPS) is 12.0. The minimum Gasteiger partial charge on any atom is -0.493 e. The number of rotatable bonds is 6. The zero-order chi connectivity index (χ0) is 13.5. The fourth-order valence-corrected chi connectivity index (χ4v) is 1.98. The van der Waals surface area contributed by atoms with Gasteiger partial charge in [-0.2, -0.15) is 5.26 Å². The Balaban J connectivity index is 3.11. The minimum atomic E-state index is -0.250. The molecule has 4 nitrogen and oxygen atoms in total. The van der Waals surface area contributed by atoms with Crippen LogP contribution in [0.25, 0.3) is 0 Å². The van der Waals surface area contributed by atoms with Crippen LogP contribution in [0.15, 0.2) is 18.2 Å². The number of nitrogens with zero attached hydrogens (tertiary/aromatic N) is 2. The summed E-state index contributed by atoms with van der Waals surface area (Å²) in [6.07, 6.45) is 0. The van der Waals surface area contributed by atoms with E-state index in [1.165, 1.54) is 0 Å². The lowest BCUT2D eigenvalue weighted by atomic mass is 10.1. The van der Waals surface area contributed by atoms with E-state index >= 15 is 0 Å². The summed E-state index contributed by atoms with van der Waals surface area (Å²) in [4.78, 5) is 2.10. The quantitative estimate of drug-likeness (QED) is 0.776. The van der Waals surface area contributed by atoms with Crippen molar-refractivity contribution in [3.63, 3.8) is 0 Å². The van der Waals surface area contributed by atoms with E-state index in [0.29, 0.717) is 11.5 Å². The van der Waals surface area contributed by atoms with Gasteiger partial charge in [0.1, 0.15) is 6.04 Å². The van der Waals surface area contributed by atoms with Crippen LogP contribution in [-0.4, -0.2) is 32.2 Å². The van der Waals surface area contributed by atoms with Gasteiger partial charge in [-0.05, 0) is 30.8 Å². The van der Waals surface area contributed by atoms with Crippen molar-refractivity contribution in [2.24, 2.45) is 0 Å². The highest BCUT2D eigenvalue weighted by Crippen LogP contribution is 2.31. The van der Waals surface area contributed by atoms with E-state index in [4.69, 9.17) is 9.47 Å². The van der Waals surface area contributed by atoms with Crippen LogP contribution < -0.4 is 9.47 Å². The number of benzene rings is 1. The van der Waals surface area contributed by atoms with Crippen LogP contribution in [0, 0.1) is 11.3 Å². The molecule has 0 saturated heterocycles. The molecule has 0 aromatic heterocycles. The van der Waals surface area contributed by atoms with Gasteiger partial charge in [0.05, 0.1) is 20.3 Å². The molecular formula is C14H20N2O2. The largest absolute Gasteiger partial charge is 0.493 e. The highest BCUT2D eigenvalue weighted by Gasteiger charge is 2.18. The van der Waals surface area contributed by atoms with Crippen LogP contribution in [0.3, 0.4) is 0 Å². The molecule has 18 heavy (non-hydrogen) atoms. The van der Waals surface area contributed by atoms with Gasteiger partial charge in [-0.1, -0.05) is 19.9 Å². The van der Waals surface area contributed by atoms with Crippen LogP contribution >= 0.6 is 0 Å². The second-order valence-corrected chi connectivity index (χ2v) is 3.87. The Labute approximate surface area is 109 Å². The van der Waals surface area contributed by atoms with Crippen LogP contribution in [0.1, 0.15) is 25.5 Å². The molecule has 0 radical (unpaired) electrons. The number of ether oxygens (including phenoxy) is 2. The Bertz CT molecular complexity index is 422. The summed E-state index contributed by atoms with van der Waals surface area (Å²) in [5.41, 5.74) is 0.929. The topological polar surface area (TPSA) is 45.5 Å². The van der Waals surface area contributed by atoms with Gasteiger partial charge in [-0.15, -0.1) is 0 Å². The minimum absolute atomic E-state index is 0.250. The molecule has 0 aliphatic carbocycles. The summed E-state index contributed by atoms with van der Waals surface area (Å²) >= 11 is 0. The molecular weight excluding hydrogens is 228 g/mol. The maximum absolute atomic E-state index is 9.34. The Morgan fingerprint density at radius 3 is 2.22 bits per heavy atom. The van der Waals surface area contributed by atoms with Gasteiger partial charge >= 0.3 is 0 Å². The summed E-state index contributed by atoms with van der Waals surface area (Å²) in [5.74, 6) is 1.33. The summed E-state index contributed by atoms with van der Waals surface area (Å²) in [5, 5.41) is 9.34. The zero-order valence-electron chi connectivity index (χ0n) is 11.4. The van der Waals surface area contributed by atoms with Gasteiger partial charge in [-0.3, -0.25) is 4.90 Å². The molecule has 1 aromatic rings. The van der Waals surface area contributed by atoms with E-state index in [9.17, 15) is 5.26 Å². The predicted octanol–water partition coefficient (Wildman–Crippen LogP) is 2.61. The molecule has 1 unspecified atom stereocenters. The Morgan fingerprint density at radius 2 is 1.78 bits per heavy atom. The molecule has 0 amide bonds. The fourth-order valence-electron chi connectivity index (χ4n) is 1.98. The van der Waals surface area contributed by atoms with Gasteiger partial charge in [0, 0.05) is 0 Å². The molecule has 4 heteroatoms. The van der Waals surface area contributed by atoms with Gasteiger partial charge in [0.15, 0.2) is 11.5 Å². The molecule has 0 saturated carbocycles. The molecule has 1 rings (SSSR count). The molecule has 0 heterocycles. The summed E-state index contributed by atoms with van der Waals surface area (Å²) in [7, 11) is 3.20. The first-order chi connectivity index (χ1) is 8.71. The van der Waals surface area contributed by atoms with Gasteiger partial charge in [0.2, 0.25) is 0 Å². The maximum Gasteiger partial charge on any atom is 0.161 e. The van der Waals surface area contributed by atoms with Crippen LogP contribution in [0.4, 0.5) is 0 Å². The third kappa shape index (κ3) is 2.93. The molecule has 0 aliphatic rings. The van der Waals surface area contributed by atoms with Crippen molar-refractivity contribution < 1.29 is 9.47 Å². The van der Waals surface area contributed by atoms with Crippen molar-refractivity contribution in [3.8, 4) is 17.6 Å². The SMILES string of the molecule is CCN(CC)C(C#N)c1ccc(OC)c(OC)c1. The monoisotopic (exact) mass is 248 g/mol. The van der Waals surface area contributed by atoms with Crippen molar-refractivity contribution in [3.05, 3.63) is 23.8 Å². The summed E-state index contributed by atoms with van der Waals surface area (Å²) < 4.78 is 10.5. The second-order valence-electron chi connectivity index (χ2n) is 3.87. The number of methoxy groups -OCH3 is 2. The first kappa shape index (κ1) is 14.3. The molecule has 1 aromatic carbocycles. The van der Waals surface area contributed by atoms with E-state index in [1.54, 1.807) is 14.2 Å². The molecule has 0 spiro atoms. The van der Waals surface area contributed by atoms with E-state index in [2.05, 4.69) is 24.8 Å². The average molecular weight is 248 g/mol. The smallest absolute Gasteiger partial charge is 0.161 e. The number of nitriles is 1. The third-order valence-corrected chi connectivity index (χ3v) is 3.02. The molecule has 0 N–H and O–H groups in total. The molecule has 0 bridgehead atoms. The van der Waals surface area contributed by atoms with Crippen molar-refractivity contribution in [2.75, 3.05) is 27.3 Å². The molecule has 0 aliphatic heterocycles. The lowest BCUT2D eigenvalue weighted by Gasteiger charge is -2.24. The van der Waals surface area contributed by atoms with Gasteiger partial charge in [-0.25, -0.2) is 0 Å². The van der Waals surface area contributed by atoms with Crippen molar-refractivity contribution in [1.82, 2.24) is 4.90 Å². The summed E-state index contributed by atoms with van der Waals surface area (Å²) in [6, 6.07) is 7.70. The highest BCUT2D eigenvalue weighted by atomic mass is 16.5. The first-order valence-electron chi connectivity index (χ1n) is 6.07. The Morgan fingerprint density at radius 1 is 1.17 bits per heavy atom. The summed E-state index contributed by atoms with van der Waals surface area (Å²) in [6.45, 7) is 5.77. The standard InChI is InChI=1S/C14H20N2O2/c1-5-16(6-2)12(10-15)11-7-8-13(17-3)14(9-11)18-4/h7-9,12H,5-6H2,1-4H3. The van der Waals surface area contributed by atoms with E-state index < -0.39 is 0 Å². The highest BCUT2D eigenvalue weighted by molar-refractivity contribution is 5.44. The number of hydrogen-bond donors (Lipinski definition) is 0. The van der Waals surface area contributed by atoms with E-state index in [0.717, 1.165) is 18.7 Å². The zero-order valence-corrected chi connectivity index (χ0v) is 11.4. The predicted molar refractivity (Wildman–Crippen MR) is 70.8 cm³/mol. The van der Waals surface area contributed by atoms with E-state index in [-0.39, 0.29) is 6.04 Å². The van der Waals surface area contributed by atoms with Gasteiger partial charge < -0.3 is 9.47 Å².